The first kappa shape index (κ1) is 19.6. The smallest absolute Gasteiger partial charge is 0.335 e. The number of aromatic carboxylic acids is 1. The van der Waals surface area contributed by atoms with Gasteiger partial charge in [0.05, 0.1) is 23.6 Å². The van der Waals surface area contributed by atoms with E-state index in [-0.39, 0.29) is 10.5 Å². The van der Waals surface area contributed by atoms with Crippen LogP contribution in [0.4, 0.5) is 0 Å². The van der Waals surface area contributed by atoms with Crippen LogP contribution in [0.25, 0.3) is 0 Å². The fourth-order valence-electron chi connectivity index (χ4n) is 2.77. The fourth-order valence-corrected chi connectivity index (χ4v) is 3.98. The zero-order valence-electron chi connectivity index (χ0n) is 15.1. The molecular formula is C21H19NO5S. The average Bonchev–Trinajstić information content (AvgIpc) is 2.73. The summed E-state index contributed by atoms with van der Waals surface area (Å²) in [4.78, 5) is 11.0. The first-order chi connectivity index (χ1) is 13.4. The van der Waals surface area contributed by atoms with Crippen LogP contribution in [0.15, 0.2) is 83.8 Å². The van der Waals surface area contributed by atoms with Gasteiger partial charge in [0.2, 0.25) is 10.0 Å². The van der Waals surface area contributed by atoms with Crippen LogP contribution in [0.1, 0.15) is 27.5 Å². The van der Waals surface area contributed by atoms with Gasteiger partial charge in [0.1, 0.15) is 5.75 Å². The first-order valence-corrected chi connectivity index (χ1v) is 9.93. The minimum Gasteiger partial charge on any atom is -0.497 e. The SMILES string of the molecule is COc1ccc(C(NS(=O)(=O)c2ccc(C(=O)O)cc2)c2ccccc2)cc1. The predicted molar refractivity (Wildman–Crippen MR) is 105 cm³/mol. The lowest BCUT2D eigenvalue weighted by Gasteiger charge is -2.20. The van der Waals surface area contributed by atoms with Gasteiger partial charge in [-0.2, -0.15) is 4.72 Å². The molecule has 28 heavy (non-hydrogen) atoms. The van der Waals surface area contributed by atoms with Crippen molar-refractivity contribution in [2.75, 3.05) is 7.11 Å². The highest BCUT2D eigenvalue weighted by atomic mass is 32.2. The molecule has 3 aromatic rings. The molecule has 1 unspecified atom stereocenters. The average molecular weight is 397 g/mol. The molecule has 7 heteroatoms. The minimum absolute atomic E-state index is 0.00746. The Bertz CT molecular complexity index is 1050. The Morgan fingerprint density at radius 1 is 0.893 bits per heavy atom. The number of sulfonamides is 1. The van der Waals surface area contributed by atoms with Gasteiger partial charge in [-0.3, -0.25) is 0 Å². The van der Waals surface area contributed by atoms with Crippen molar-refractivity contribution in [1.29, 1.82) is 0 Å². The second-order valence-electron chi connectivity index (χ2n) is 6.07. The summed E-state index contributed by atoms with van der Waals surface area (Å²) in [6.45, 7) is 0. The van der Waals surface area contributed by atoms with Crippen LogP contribution in [0.5, 0.6) is 5.75 Å². The van der Waals surface area contributed by atoms with Crippen LogP contribution in [0.2, 0.25) is 0 Å². The van der Waals surface area contributed by atoms with E-state index in [1.54, 1.807) is 31.4 Å². The van der Waals surface area contributed by atoms with Gasteiger partial charge in [-0.25, -0.2) is 13.2 Å². The third-order valence-electron chi connectivity index (χ3n) is 4.27. The van der Waals surface area contributed by atoms with Crippen molar-refractivity contribution in [3.63, 3.8) is 0 Å². The number of ether oxygens (including phenoxy) is 1. The Morgan fingerprint density at radius 2 is 1.46 bits per heavy atom. The highest BCUT2D eigenvalue weighted by Crippen LogP contribution is 2.26. The van der Waals surface area contributed by atoms with Gasteiger partial charge in [-0.05, 0) is 47.5 Å². The monoisotopic (exact) mass is 397 g/mol. The molecule has 0 aliphatic rings. The lowest BCUT2D eigenvalue weighted by molar-refractivity contribution is 0.0696. The lowest BCUT2D eigenvalue weighted by Crippen LogP contribution is -2.29. The number of carboxylic acid groups (broad SMARTS) is 1. The largest absolute Gasteiger partial charge is 0.497 e. The Hall–Kier alpha value is -3.16. The van der Waals surface area contributed by atoms with Crippen LogP contribution in [-0.4, -0.2) is 26.6 Å². The van der Waals surface area contributed by atoms with Crippen LogP contribution in [0.3, 0.4) is 0 Å². The summed E-state index contributed by atoms with van der Waals surface area (Å²) in [7, 11) is -2.33. The highest BCUT2D eigenvalue weighted by Gasteiger charge is 2.23. The van der Waals surface area contributed by atoms with E-state index in [4.69, 9.17) is 9.84 Å². The van der Waals surface area contributed by atoms with Gasteiger partial charge < -0.3 is 9.84 Å². The van der Waals surface area contributed by atoms with E-state index in [1.807, 2.05) is 30.3 Å². The van der Waals surface area contributed by atoms with E-state index < -0.39 is 22.0 Å². The number of nitrogens with one attached hydrogen (secondary N) is 1. The third-order valence-corrected chi connectivity index (χ3v) is 5.71. The number of hydrogen-bond donors (Lipinski definition) is 2. The van der Waals surface area contributed by atoms with Crippen molar-refractivity contribution in [2.24, 2.45) is 0 Å². The number of rotatable bonds is 7. The Labute approximate surface area is 163 Å². The molecular weight excluding hydrogens is 378 g/mol. The zero-order valence-corrected chi connectivity index (χ0v) is 15.9. The second-order valence-corrected chi connectivity index (χ2v) is 7.78. The molecule has 0 fully saturated rings. The summed E-state index contributed by atoms with van der Waals surface area (Å²) in [6.07, 6.45) is 0. The van der Waals surface area contributed by atoms with Crippen LogP contribution in [-0.2, 0) is 10.0 Å². The fraction of sp³-hybridized carbons (Fsp3) is 0.0952. The van der Waals surface area contributed by atoms with E-state index in [0.29, 0.717) is 5.75 Å². The number of hydrogen-bond acceptors (Lipinski definition) is 4. The summed E-state index contributed by atoms with van der Waals surface area (Å²) in [6, 6.07) is 20.8. The van der Waals surface area contributed by atoms with E-state index >= 15 is 0 Å². The van der Waals surface area contributed by atoms with Crippen molar-refractivity contribution >= 4 is 16.0 Å². The molecule has 6 nitrogen and oxygen atoms in total. The van der Waals surface area contributed by atoms with E-state index in [1.165, 1.54) is 24.3 Å². The molecule has 0 bridgehead atoms. The molecule has 0 heterocycles. The molecule has 0 spiro atoms. The van der Waals surface area contributed by atoms with E-state index in [0.717, 1.165) is 11.1 Å². The minimum atomic E-state index is -3.89. The normalized spacial score (nSPS) is 12.3. The second kappa shape index (κ2) is 8.24. The summed E-state index contributed by atoms with van der Waals surface area (Å²) < 4.78 is 33.7. The number of methoxy groups -OCH3 is 1. The quantitative estimate of drug-likeness (QED) is 0.637. The molecule has 0 aliphatic heterocycles. The number of benzene rings is 3. The molecule has 3 rings (SSSR count). The topological polar surface area (TPSA) is 92.7 Å². The van der Waals surface area contributed by atoms with Crippen molar-refractivity contribution in [1.82, 2.24) is 4.72 Å². The Kier molecular flexibility index (Phi) is 5.77. The molecule has 0 saturated carbocycles. The maximum atomic E-state index is 12.9. The molecule has 0 radical (unpaired) electrons. The molecule has 2 N–H and O–H groups in total. The Balaban J connectivity index is 1.97. The van der Waals surface area contributed by atoms with Gasteiger partial charge in [-0.15, -0.1) is 0 Å². The van der Waals surface area contributed by atoms with E-state index in [9.17, 15) is 13.2 Å². The Morgan fingerprint density at radius 3 is 2.00 bits per heavy atom. The van der Waals surface area contributed by atoms with Crippen molar-refractivity contribution < 1.29 is 23.1 Å². The van der Waals surface area contributed by atoms with Gasteiger partial charge in [0, 0.05) is 0 Å². The zero-order chi connectivity index (χ0) is 20.1. The predicted octanol–water partition coefficient (Wildman–Crippen LogP) is 3.46. The summed E-state index contributed by atoms with van der Waals surface area (Å²) in [5.41, 5.74) is 1.55. The van der Waals surface area contributed by atoms with Gasteiger partial charge >= 0.3 is 5.97 Å². The molecule has 3 aromatic carbocycles. The molecule has 1 atom stereocenters. The highest BCUT2D eigenvalue weighted by molar-refractivity contribution is 7.89. The van der Waals surface area contributed by atoms with Crippen LogP contribution < -0.4 is 9.46 Å². The van der Waals surface area contributed by atoms with Gasteiger partial charge in [0.15, 0.2) is 0 Å². The van der Waals surface area contributed by atoms with Gasteiger partial charge in [-0.1, -0.05) is 42.5 Å². The van der Waals surface area contributed by atoms with Crippen molar-refractivity contribution in [3.8, 4) is 5.75 Å². The standard InChI is InChI=1S/C21H19NO5S/c1-27-18-11-7-16(8-12-18)20(15-5-3-2-4-6-15)22-28(25,26)19-13-9-17(10-14-19)21(23)24/h2-14,20,22H,1H3,(H,23,24). The molecule has 0 saturated heterocycles. The summed E-state index contributed by atoms with van der Waals surface area (Å²) in [5.74, 6) is -0.444. The van der Waals surface area contributed by atoms with E-state index in [2.05, 4.69) is 4.72 Å². The maximum Gasteiger partial charge on any atom is 0.335 e. The van der Waals surface area contributed by atoms with Gasteiger partial charge in [0.25, 0.3) is 0 Å². The first-order valence-electron chi connectivity index (χ1n) is 8.45. The number of carbonyl (C=O) groups is 1. The summed E-state index contributed by atoms with van der Waals surface area (Å²) in [5, 5.41) is 8.99. The summed E-state index contributed by atoms with van der Waals surface area (Å²) >= 11 is 0. The number of carboxylic acids is 1. The molecule has 0 amide bonds. The lowest BCUT2D eigenvalue weighted by atomic mass is 10.00. The maximum absolute atomic E-state index is 12.9. The molecule has 144 valence electrons. The van der Waals surface area contributed by atoms with Crippen LogP contribution >= 0.6 is 0 Å². The van der Waals surface area contributed by atoms with Crippen molar-refractivity contribution in [3.05, 3.63) is 95.6 Å². The van der Waals surface area contributed by atoms with Crippen molar-refractivity contribution in [2.45, 2.75) is 10.9 Å². The van der Waals surface area contributed by atoms with Crippen LogP contribution in [0, 0.1) is 0 Å². The third kappa shape index (κ3) is 4.39. The molecule has 0 aliphatic carbocycles. The molecule has 0 aromatic heterocycles.